The zero-order valence-corrected chi connectivity index (χ0v) is 18.6. The number of aryl methyl sites for hydroxylation is 2. The summed E-state index contributed by atoms with van der Waals surface area (Å²) in [5, 5.41) is 5.66. The van der Waals surface area contributed by atoms with E-state index in [1.54, 1.807) is 43.3 Å². The number of anilines is 2. The van der Waals surface area contributed by atoms with Gasteiger partial charge in [-0.3, -0.25) is 9.59 Å². The molecule has 0 bridgehead atoms. The first-order valence-corrected chi connectivity index (χ1v) is 10.6. The SMILES string of the molecule is CCOC(=O)Oc1ccc(C(=O)Nc2cccc(NC(=O)CCc3ccc(C)cc3)c2)cc1. The summed E-state index contributed by atoms with van der Waals surface area (Å²) >= 11 is 0. The number of hydrogen-bond acceptors (Lipinski definition) is 5. The molecular formula is C26H26N2O5. The Kier molecular flexibility index (Phi) is 8.18. The quantitative estimate of drug-likeness (QED) is 0.359. The van der Waals surface area contributed by atoms with Gasteiger partial charge in [-0.15, -0.1) is 0 Å². The summed E-state index contributed by atoms with van der Waals surface area (Å²) in [7, 11) is 0. The maximum Gasteiger partial charge on any atom is 0.513 e. The summed E-state index contributed by atoms with van der Waals surface area (Å²) < 4.78 is 9.69. The number of carbonyl (C=O) groups is 3. The number of rotatable bonds is 8. The Balaban J connectivity index is 1.53. The van der Waals surface area contributed by atoms with Gasteiger partial charge in [0.15, 0.2) is 0 Å². The Labute approximate surface area is 192 Å². The molecule has 0 saturated carbocycles. The highest BCUT2D eigenvalue weighted by atomic mass is 16.7. The summed E-state index contributed by atoms with van der Waals surface area (Å²) in [6.07, 6.45) is 0.214. The fourth-order valence-electron chi connectivity index (χ4n) is 3.03. The molecule has 170 valence electrons. The van der Waals surface area contributed by atoms with Crippen molar-refractivity contribution >= 4 is 29.3 Å². The number of benzene rings is 3. The number of hydrogen-bond donors (Lipinski definition) is 2. The van der Waals surface area contributed by atoms with Crippen LogP contribution < -0.4 is 15.4 Å². The molecule has 0 aliphatic rings. The number of nitrogens with one attached hydrogen (secondary N) is 2. The van der Waals surface area contributed by atoms with Gasteiger partial charge in [0, 0.05) is 23.4 Å². The fourth-order valence-corrected chi connectivity index (χ4v) is 3.03. The molecule has 0 atom stereocenters. The second-order valence-electron chi connectivity index (χ2n) is 7.38. The van der Waals surface area contributed by atoms with E-state index in [2.05, 4.69) is 10.6 Å². The van der Waals surface area contributed by atoms with E-state index >= 15 is 0 Å². The first-order valence-electron chi connectivity index (χ1n) is 10.6. The lowest BCUT2D eigenvalue weighted by molar-refractivity contribution is -0.116. The van der Waals surface area contributed by atoms with Gasteiger partial charge in [-0.2, -0.15) is 0 Å². The fraction of sp³-hybridized carbons (Fsp3) is 0.192. The zero-order chi connectivity index (χ0) is 23.6. The topological polar surface area (TPSA) is 93.7 Å². The van der Waals surface area contributed by atoms with Crippen LogP contribution in [0.4, 0.5) is 16.2 Å². The highest BCUT2D eigenvalue weighted by Crippen LogP contribution is 2.18. The van der Waals surface area contributed by atoms with Crippen LogP contribution in [-0.4, -0.2) is 24.6 Å². The molecule has 2 amide bonds. The number of ether oxygens (including phenoxy) is 2. The molecule has 3 rings (SSSR count). The Morgan fingerprint density at radius 2 is 1.52 bits per heavy atom. The van der Waals surface area contributed by atoms with Gasteiger partial charge in [0.2, 0.25) is 5.91 Å². The molecule has 0 aliphatic carbocycles. The Morgan fingerprint density at radius 3 is 2.18 bits per heavy atom. The molecule has 0 aromatic heterocycles. The van der Waals surface area contributed by atoms with Gasteiger partial charge < -0.3 is 20.1 Å². The summed E-state index contributed by atoms with van der Waals surface area (Å²) in [5.41, 5.74) is 3.82. The summed E-state index contributed by atoms with van der Waals surface area (Å²) in [4.78, 5) is 36.2. The molecule has 0 radical (unpaired) electrons. The summed E-state index contributed by atoms with van der Waals surface area (Å²) in [5.74, 6) is -0.155. The van der Waals surface area contributed by atoms with E-state index in [1.807, 2.05) is 31.2 Å². The predicted octanol–water partition coefficient (Wildman–Crippen LogP) is 5.35. The van der Waals surface area contributed by atoms with E-state index in [0.29, 0.717) is 29.8 Å². The molecule has 7 heteroatoms. The summed E-state index contributed by atoms with van der Waals surface area (Å²) in [6.45, 7) is 3.92. The van der Waals surface area contributed by atoms with Gasteiger partial charge in [-0.1, -0.05) is 35.9 Å². The monoisotopic (exact) mass is 446 g/mol. The van der Waals surface area contributed by atoms with Crippen LogP contribution in [0.25, 0.3) is 0 Å². The molecule has 7 nitrogen and oxygen atoms in total. The van der Waals surface area contributed by atoms with E-state index in [1.165, 1.54) is 17.7 Å². The van der Waals surface area contributed by atoms with Gasteiger partial charge >= 0.3 is 6.16 Å². The molecule has 0 saturated heterocycles. The molecule has 3 aromatic carbocycles. The molecule has 0 heterocycles. The van der Waals surface area contributed by atoms with Gasteiger partial charge in [0.1, 0.15) is 5.75 Å². The van der Waals surface area contributed by atoms with Crippen molar-refractivity contribution < 1.29 is 23.9 Å². The van der Waals surface area contributed by atoms with Crippen LogP contribution in [0.15, 0.2) is 72.8 Å². The molecular weight excluding hydrogens is 420 g/mol. The van der Waals surface area contributed by atoms with Crippen molar-refractivity contribution in [1.29, 1.82) is 0 Å². The molecule has 0 unspecified atom stereocenters. The van der Waals surface area contributed by atoms with Crippen LogP contribution in [0, 0.1) is 6.92 Å². The third-order valence-electron chi connectivity index (χ3n) is 4.75. The highest BCUT2D eigenvalue weighted by Gasteiger charge is 2.10. The van der Waals surface area contributed by atoms with E-state index in [4.69, 9.17) is 9.47 Å². The van der Waals surface area contributed by atoms with E-state index < -0.39 is 6.16 Å². The maximum absolute atomic E-state index is 12.5. The molecule has 0 aliphatic heterocycles. The third-order valence-corrected chi connectivity index (χ3v) is 4.75. The van der Waals surface area contributed by atoms with E-state index in [-0.39, 0.29) is 24.2 Å². The third kappa shape index (κ3) is 7.50. The average Bonchev–Trinajstić information content (AvgIpc) is 2.79. The molecule has 2 N–H and O–H groups in total. The second kappa shape index (κ2) is 11.5. The van der Waals surface area contributed by atoms with Crippen molar-refractivity contribution in [3.63, 3.8) is 0 Å². The van der Waals surface area contributed by atoms with Gasteiger partial charge in [0.25, 0.3) is 5.91 Å². The van der Waals surface area contributed by atoms with Crippen LogP contribution in [0.5, 0.6) is 5.75 Å². The Morgan fingerprint density at radius 1 is 0.848 bits per heavy atom. The Bertz CT molecular complexity index is 1110. The van der Waals surface area contributed by atoms with Gasteiger partial charge in [-0.05, 0) is 68.3 Å². The van der Waals surface area contributed by atoms with Crippen molar-refractivity contribution in [1.82, 2.24) is 0 Å². The second-order valence-corrected chi connectivity index (χ2v) is 7.38. The summed E-state index contributed by atoms with van der Waals surface area (Å²) in [6, 6.07) is 21.2. The van der Waals surface area contributed by atoms with Gasteiger partial charge in [-0.25, -0.2) is 4.79 Å². The van der Waals surface area contributed by atoms with Crippen molar-refractivity contribution in [2.24, 2.45) is 0 Å². The number of carbonyl (C=O) groups excluding carboxylic acids is 3. The van der Waals surface area contributed by atoms with Crippen LogP contribution in [0.2, 0.25) is 0 Å². The molecule has 0 fully saturated rings. The normalized spacial score (nSPS) is 10.2. The lowest BCUT2D eigenvalue weighted by Crippen LogP contribution is -2.14. The molecule has 3 aromatic rings. The zero-order valence-electron chi connectivity index (χ0n) is 18.6. The molecule has 33 heavy (non-hydrogen) atoms. The predicted molar refractivity (Wildman–Crippen MR) is 127 cm³/mol. The first-order chi connectivity index (χ1) is 15.9. The Hall–Kier alpha value is -4.13. The minimum absolute atomic E-state index is 0.101. The standard InChI is InChI=1S/C26H26N2O5/c1-3-32-26(31)33-23-14-12-20(13-15-23)25(30)28-22-6-4-5-21(17-22)27-24(29)16-11-19-9-7-18(2)8-10-19/h4-10,12-15,17H,3,11,16H2,1-2H3,(H,27,29)(H,28,30). The van der Waals surface area contributed by atoms with Crippen LogP contribution >= 0.6 is 0 Å². The minimum Gasteiger partial charge on any atom is -0.434 e. The van der Waals surface area contributed by atoms with E-state index in [0.717, 1.165) is 5.56 Å². The van der Waals surface area contributed by atoms with Crippen molar-refractivity contribution in [2.45, 2.75) is 26.7 Å². The van der Waals surface area contributed by atoms with Crippen molar-refractivity contribution in [3.05, 3.63) is 89.5 Å². The van der Waals surface area contributed by atoms with Crippen LogP contribution in [-0.2, 0) is 16.0 Å². The van der Waals surface area contributed by atoms with E-state index in [9.17, 15) is 14.4 Å². The lowest BCUT2D eigenvalue weighted by atomic mass is 10.1. The number of amides is 2. The maximum atomic E-state index is 12.5. The average molecular weight is 447 g/mol. The van der Waals surface area contributed by atoms with Crippen LogP contribution in [0.3, 0.4) is 0 Å². The molecule has 0 spiro atoms. The first kappa shape index (κ1) is 23.5. The van der Waals surface area contributed by atoms with Crippen molar-refractivity contribution in [3.8, 4) is 5.75 Å². The highest BCUT2D eigenvalue weighted by molar-refractivity contribution is 6.04. The minimum atomic E-state index is -0.799. The smallest absolute Gasteiger partial charge is 0.434 e. The lowest BCUT2D eigenvalue weighted by Gasteiger charge is -2.10. The van der Waals surface area contributed by atoms with Crippen LogP contribution in [0.1, 0.15) is 34.8 Å². The van der Waals surface area contributed by atoms with Gasteiger partial charge in [0.05, 0.1) is 6.61 Å². The van der Waals surface area contributed by atoms with Crippen molar-refractivity contribution in [2.75, 3.05) is 17.2 Å². The largest absolute Gasteiger partial charge is 0.513 e.